The Balaban J connectivity index is 2.00. The molecule has 1 atom stereocenters. The van der Waals surface area contributed by atoms with Gasteiger partial charge in [0, 0.05) is 49.0 Å². The molecule has 1 aromatic heterocycles. The summed E-state index contributed by atoms with van der Waals surface area (Å²) >= 11 is 0. The minimum absolute atomic E-state index is 0.0571. The van der Waals surface area contributed by atoms with Crippen LogP contribution < -0.4 is 10.2 Å². The highest BCUT2D eigenvalue weighted by atomic mass is 32.2. The molecule has 220 valence electrons. The normalized spacial score (nSPS) is 17.4. The number of halogens is 5. The molecular formula is C26H31F5N4O4S. The molecule has 14 heteroatoms. The van der Waals surface area contributed by atoms with E-state index >= 15 is 0 Å². The summed E-state index contributed by atoms with van der Waals surface area (Å²) in [6.45, 7) is 5.83. The van der Waals surface area contributed by atoms with E-state index in [4.69, 9.17) is 4.74 Å². The fraction of sp³-hybridized carbons (Fsp3) is 0.500. The van der Waals surface area contributed by atoms with Crippen molar-refractivity contribution < 1.29 is 40.5 Å². The fourth-order valence-corrected chi connectivity index (χ4v) is 5.24. The monoisotopic (exact) mass is 590 g/mol. The summed E-state index contributed by atoms with van der Waals surface area (Å²) in [5.74, 6) is -4.04. The molecule has 0 radical (unpaired) electrons. The number of anilines is 2. The van der Waals surface area contributed by atoms with Gasteiger partial charge in [0.1, 0.15) is 11.4 Å². The van der Waals surface area contributed by atoms with Crippen molar-refractivity contribution in [3.8, 4) is 0 Å². The molecule has 1 aromatic carbocycles. The molecule has 1 saturated heterocycles. The van der Waals surface area contributed by atoms with Crippen LogP contribution in [0.2, 0.25) is 0 Å². The first-order valence-corrected chi connectivity index (χ1v) is 14.3. The van der Waals surface area contributed by atoms with E-state index in [9.17, 15) is 35.8 Å². The van der Waals surface area contributed by atoms with Gasteiger partial charge in [-0.05, 0) is 57.9 Å². The molecule has 0 spiro atoms. The fourth-order valence-electron chi connectivity index (χ4n) is 4.14. The van der Waals surface area contributed by atoms with Gasteiger partial charge in [0.05, 0.1) is 20.9 Å². The molecule has 1 fully saturated rings. The zero-order valence-electron chi connectivity index (χ0n) is 22.7. The Morgan fingerprint density at radius 3 is 2.45 bits per heavy atom. The Morgan fingerprint density at radius 1 is 1.15 bits per heavy atom. The maximum absolute atomic E-state index is 14.0. The second-order valence-corrected chi connectivity index (χ2v) is 12.8. The molecule has 1 N–H and O–H groups in total. The van der Waals surface area contributed by atoms with E-state index in [0.29, 0.717) is 6.20 Å². The highest BCUT2D eigenvalue weighted by molar-refractivity contribution is 7.93. The van der Waals surface area contributed by atoms with Crippen LogP contribution >= 0.6 is 0 Å². The molecule has 0 aliphatic carbocycles. The van der Waals surface area contributed by atoms with Gasteiger partial charge in [-0.15, -0.1) is 4.36 Å². The number of hydrogen-bond donors (Lipinski definition) is 1. The summed E-state index contributed by atoms with van der Waals surface area (Å²) in [4.78, 5) is 30.9. The largest absolute Gasteiger partial charge is 0.442 e. The SMILES string of the molecule is Cc1c(C(F)(F)F)cnc(N2CCCC(F)(F)CC2)c1C(=O)Nc1cccc([S@](C)(=O)=NC(=O)OC(C)(C)C)c1. The molecule has 40 heavy (non-hydrogen) atoms. The third-order valence-corrected chi connectivity index (χ3v) is 7.67. The molecule has 1 aliphatic rings. The van der Waals surface area contributed by atoms with Gasteiger partial charge in [-0.25, -0.2) is 22.8 Å². The molecular weight excluding hydrogens is 559 g/mol. The molecule has 2 aromatic rings. The molecule has 1 aliphatic heterocycles. The minimum atomic E-state index is -4.81. The number of nitrogens with zero attached hydrogens (tertiary/aromatic N) is 3. The number of benzene rings is 1. The molecule has 8 nitrogen and oxygen atoms in total. The first kappa shape index (κ1) is 31.2. The van der Waals surface area contributed by atoms with Crippen molar-refractivity contribution in [1.82, 2.24) is 4.98 Å². The lowest BCUT2D eigenvalue weighted by atomic mass is 10.0. The molecule has 2 amide bonds. The van der Waals surface area contributed by atoms with Crippen molar-refractivity contribution in [3.05, 3.63) is 47.2 Å². The Kier molecular flexibility index (Phi) is 8.82. The standard InChI is InChI=1S/C26H31F5N4O4S/c1-16-19(26(29,30)31)15-32-21(35-12-7-10-25(27,28)11-13-35)20(16)22(36)33-17-8-6-9-18(14-17)40(5,38)34-23(37)39-24(2,3)4/h6,8-9,14-15H,7,10-13H2,1-5H3,(H,33,36)/t40-/m0/s1. The Bertz CT molecular complexity index is 1410. The summed E-state index contributed by atoms with van der Waals surface area (Å²) in [6.07, 6.45) is -4.93. The lowest BCUT2D eigenvalue weighted by Gasteiger charge is -2.26. The third kappa shape index (κ3) is 7.89. The van der Waals surface area contributed by atoms with Crippen LogP contribution in [-0.2, 0) is 20.6 Å². The number of carbonyl (C=O) groups excluding carboxylic acids is 2. The van der Waals surface area contributed by atoms with E-state index in [1.807, 2.05) is 0 Å². The lowest BCUT2D eigenvalue weighted by molar-refractivity contribution is -0.138. The summed E-state index contributed by atoms with van der Waals surface area (Å²) in [7, 11) is -3.32. The van der Waals surface area contributed by atoms with E-state index in [0.717, 1.165) is 6.92 Å². The zero-order chi connectivity index (χ0) is 30.1. The molecule has 0 bridgehead atoms. The van der Waals surface area contributed by atoms with E-state index in [2.05, 4.69) is 14.7 Å². The van der Waals surface area contributed by atoms with E-state index in [1.54, 1.807) is 20.8 Å². The van der Waals surface area contributed by atoms with Gasteiger partial charge in [0.15, 0.2) is 0 Å². The number of rotatable bonds is 4. The number of hydrogen-bond acceptors (Lipinski definition) is 6. The highest BCUT2D eigenvalue weighted by Crippen LogP contribution is 2.37. The predicted molar refractivity (Wildman–Crippen MR) is 140 cm³/mol. The van der Waals surface area contributed by atoms with E-state index < -0.39 is 62.5 Å². The van der Waals surface area contributed by atoms with E-state index in [1.165, 1.54) is 35.4 Å². The Morgan fingerprint density at radius 2 is 1.82 bits per heavy atom. The highest BCUT2D eigenvalue weighted by Gasteiger charge is 2.38. The summed E-state index contributed by atoms with van der Waals surface area (Å²) in [6, 6.07) is 5.52. The van der Waals surface area contributed by atoms with Crippen molar-refractivity contribution in [2.24, 2.45) is 4.36 Å². The predicted octanol–water partition coefficient (Wildman–Crippen LogP) is 6.68. The average Bonchev–Trinajstić information content (AvgIpc) is 2.96. The van der Waals surface area contributed by atoms with Crippen molar-refractivity contribution in [3.63, 3.8) is 0 Å². The topological polar surface area (TPSA) is 101 Å². The van der Waals surface area contributed by atoms with Crippen LogP contribution in [-0.4, -0.2) is 52.1 Å². The third-order valence-electron chi connectivity index (χ3n) is 6.04. The van der Waals surface area contributed by atoms with E-state index in [-0.39, 0.29) is 42.3 Å². The van der Waals surface area contributed by atoms with Gasteiger partial charge < -0.3 is 15.0 Å². The minimum Gasteiger partial charge on any atom is -0.442 e. The van der Waals surface area contributed by atoms with Crippen molar-refractivity contribution in [2.45, 2.75) is 69.6 Å². The van der Waals surface area contributed by atoms with Crippen molar-refractivity contribution >= 4 is 33.2 Å². The van der Waals surface area contributed by atoms with Gasteiger partial charge in [0.25, 0.3) is 5.91 Å². The first-order chi connectivity index (χ1) is 18.3. The Hall–Kier alpha value is -3.29. The molecule has 0 unspecified atom stereocenters. The van der Waals surface area contributed by atoms with Crippen LogP contribution in [0.5, 0.6) is 0 Å². The van der Waals surface area contributed by atoms with Crippen molar-refractivity contribution in [2.75, 3.05) is 29.6 Å². The van der Waals surface area contributed by atoms with Gasteiger partial charge in [-0.3, -0.25) is 4.79 Å². The number of nitrogens with one attached hydrogen (secondary N) is 1. The lowest BCUT2D eigenvalue weighted by Crippen LogP contribution is -2.30. The smallest absolute Gasteiger partial charge is 0.442 e. The summed E-state index contributed by atoms with van der Waals surface area (Å²) in [5.41, 5.74) is -2.78. The van der Waals surface area contributed by atoms with Crippen LogP contribution in [0, 0.1) is 6.92 Å². The van der Waals surface area contributed by atoms with Crippen LogP contribution in [0.25, 0.3) is 0 Å². The number of ether oxygens (including phenoxy) is 1. The Labute approximate surface area is 229 Å². The summed E-state index contributed by atoms with van der Waals surface area (Å²) < 4.78 is 90.9. The first-order valence-electron chi connectivity index (χ1n) is 12.4. The maximum Gasteiger partial charge on any atom is 0.442 e. The van der Waals surface area contributed by atoms with Gasteiger partial charge in [0.2, 0.25) is 5.92 Å². The number of pyridine rings is 1. The quantitative estimate of drug-likeness (QED) is 0.399. The van der Waals surface area contributed by atoms with Crippen LogP contribution in [0.1, 0.15) is 61.5 Å². The molecule has 2 heterocycles. The van der Waals surface area contributed by atoms with Crippen molar-refractivity contribution in [1.29, 1.82) is 0 Å². The van der Waals surface area contributed by atoms with Gasteiger partial charge in [-0.1, -0.05) is 6.07 Å². The second kappa shape index (κ2) is 11.3. The number of amides is 2. The average molecular weight is 591 g/mol. The van der Waals surface area contributed by atoms with Crippen LogP contribution in [0.4, 0.5) is 38.3 Å². The van der Waals surface area contributed by atoms with Gasteiger partial charge >= 0.3 is 12.3 Å². The summed E-state index contributed by atoms with van der Waals surface area (Å²) in [5, 5.41) is 2.49. The zero-order valence-corrected chi connectivity index (χ0v) is 23.5. The number of carbonyl (C=O) groups is 2. The van der Waals surface area contributed by atoms with Gasteiger partial charge in [-0.2, -0.15) is 13.2 Å². The molecule has 0 saturated carbocycles. The van der Waals surface area contributed by atoms with Crippen LogP contribution in [0.15, 0.2) is 39.7 Å². The maximum atomic E-state index is 14.0. The second-order valence-electron chi connectivity index (χ2n) is 10.5. The molecule has 3 rings (SSSR count). The number of aromatic nitrogens is 1. The number of alkyl halides is 5. The van der Waals surface area contributed by atoms with Crippen LogP contribution in [0.3, 0.4) is 0 Å².